The number of hydrogen-bond acceptors (Lipinski definition) is 4. The van der Waals surface area contributed by atoms with Crippen LogP contribution in [-0.4, -0.2) is 29.0 Å². The van der Waals surface area contributed by atoms with Crippen molar-refractivity contribution in [3.8, 4) is 0 Å². The van der Waals surface area contributed by atoms with Gasteiger partial charge in [0.05, 0.1) is 10.1 Å². The summed E-state index contributed by atoms with van der Waals surface area (Å²) in [5, 5.41) is 0. The first kappa shape index (κ1) is 9.66. The molecule has 0 amide bonds. The maximum Gasteiger partial charge on any atom is 0.144 e. The van der Waals surface area contributed by atoms with Gasteiger partial charge in [0.25, 0.3) is 0 Å². The topological polar surface area (TPSA) is 55.0 Å². The highest BCUT2D eigenvalue weighted by Gasteiger charge is 2.01. The van der Waals surface area contributed by atoms with Crippen LogP contribution in [0.15, 0.2) is 6.20 Å². The molecule has 0 bridgehead atoms. The lowest BCUT2D eigenvalue weighted by Gasteiger charge is -2.08. The van der Waals surface area contributed by atoms with E-state index in [0.29, 0.717) is 5.82 Å². The molecule has 1 heterocycles. The molecule has 1 aromatic rings. The Labute approximate surface area is 85.3 Å². The van der Waals surface area contributed by atoms with Gasteiger partial charge in [0, 0.05) is 6.20 Å². The maximum absolute atomic E-state index is 5.62. The summed E-state index contributed by atoms with van der Waals surface area (Å²) in [6.45, 7) is 0.723. The minimum atomic E-state index is 0.558. The Hall–Kier alpha value is -0.430. The number of nitrogen functional groups attached to an aromatic ring is 1. The molecule has 1 aromatic heterocycles. The Morgan fingerprint density at radius 2 is 2.25 bits per heavy atom. The quantitative estimate of drug-likeness (QED) is 0.810. The molecular weight excluding hydrogens is 267 g/mol. The predicted octanol–water partition coefficient (Wildman–Crippen LogP) is 0.725. The smallest absolute Gasteiger partial charge is 0.144 e. The summed E-state index contributed by atoms with van der Waals surface area (Å²) >= 11 is 2.11. The highest BCUT2D eigenvalue weighted by molar-refractivity contribution is 14.1. The second-order valence-corrected chi connectivity index (χ2v) is 3.92. The summed E-state index contributed by atoms with van der Waals surface area (Å²) in [5.41, 5.74) is 5.62. The van der Waals surface area contributed by atoms with Gasteiger partial charge in [-0.25, -0.2) is 9.97 Å². The van der Waals surface area contributed by atoms with Crippen molar-refractivity contribution in [2.45, 2.75) is 6.54 Å². The molecule has 0 saturated carbocycles. The molecule has 0 radical (unpaired) electrons. The fourth-order valence-corrected chi connectivity index (χ4v) is 1.04. The van der Waals surface area contributed by atoms with Gasteiger partial charge in [-0.15, -0.1) is 0 Å². The molecule has 0 aromatic carbocycles. The van der Waals surface area contributed by atoms with E-state index in [-0.39, 0.29) is 0 Å². The molecule has 0 fully saturated rings. The zero-order chi connectivity index (χ0) is 9.14. The van der Waals surface area contributed by atoms with Gasteiger partial charge in [-0.05, 0) is 36.7 Å². The van der Waals surface area contributed by atoms with Crippen LogP contribution in [0.2, 0.25) is 0 Å². The van der Waals surface area contributed by atoms with Crippen LogP contribution in [0.5, 0.6) is 0 Å². The summed E-state index contributed by atoms with van der Waals surface area (Å²) in [6.07, 6.45) is 1.74. The van der Waals surface area contributed by atoms with E-state index in [4.69, 9.17) is 5.73 Å². The van der Waals surface area contributed by atoms with Gasteiger partial charge in [0.2, 0.25) is 0 Å². The van der Waals surface area contributed by atoms with E-state index in [1.807, 2.05) is 19.0 Å². The number of halogens is 1. The SMILES string of the molecule is CN(C)Cc1ncc(I)c(N)n1. The van der Waals surface area contributed by atoms with Crippen molar-refractivity contribution in [1.29, 1.82) is 0 Å². The molecule has 12 heavy (non-hydrogen) atoms. The van der Waals surface area contributed by atoms with E-state index in [2.05, 4.69) is 32.6 Å². The Morgan fingerprint density at radius 3 is 2.75 bits per heavy atom. The summed E-state index contributed by atoms with van der Waals surface area (Å²) in [5.74, 6) is 1.32. The number of rotatable bonds is 2. The molecule has 0 atom stereocenters. The molecule has 1 rings (SSSR count). The lowest BCUT2D eigenvalue weighted by atomic mass is 10.5. The third kappa shape index (κ3) is 2.56. The Balaban J connectivity index is 2.82. The zero-order valence-corrected chi connectivity index (χ0v) is 9.24. The van der Waals surface area contributed by atoms with E-state index in [9.17, 15) is 0 Å². The van der Waals surface area contributed by atoms with Crippen LogP contribution in [-0.2, 0) is 6.54 Å². The number of hydrogen-bond donors (Lipinski definition) is 1. The van der Waals surface area contributed by atoms with Crippen molar-refractivity contribution in [3.63, 3.8) is 0 Å². The van der Waals surface area contributed by atoms with Crippen LogP contribution in [0, 0.1) is 3.57 Å². The molecule has 66 valence electrons. The van der Waals surface area contributed by atoms with Gasteiger partial charge in [-0.3, -0.25) is 0 Å². The van der Waals surface area contributed by atoms with Gasteiger partial charge in [-0.2, -0.15) is 0 Å². The highest BCUT2D eigenvalue weighted by Crippen LogP contribution is 2.09. The normalized spacial score (nSPS) is 10.7. The van der Waals surface area contributed by atoms with Crippen LogP contribution < -0.4 is 5.73 Å². The third-order valence-corrected chi connectivity index (χ3v) is 2.11. The Bertz CT molecular complexity index is 274. The van der Waals surface area contributed by atoms with E-state index in [0.717, 1.165) is 15.9 Å². The monoisotopic (exact) mass is 278 g/mol. The summed E-state index contributed by atoms with van der Waals surface area (Å²) in [4.78, 5) is 10.3. The fourth-order valence-electron chi connectivity index (χ4n) is 0.778. The average Bonchev–Trinajstić information content (AvgIpc) is 1.96. The van der Waals surface area contributed by atoms with Crippen molar-refractivity contribution in [2.24, 2.45) is 0 Å². The zero-order valence-electron chi connectivity index (χ0n) is 7.08. The number of nitrogens with two attached hydrogens (primary N) is 1. The van der Waals surface area contributed by atoms with E-state index in [1.165, 1.54) is 0 Å². The van der Waals surface area contributed by atoms with E-state index >= 15 is 0 Å². The molecular formula is C7H11IN4. The first-order valence-electron chi connectivity index (χ1n) is 3.51. The molecule has 0 spiro atoms. The van der Waals surface area contributed by atoms with Gasteiger partial charge >= 0.3 is 0 Å². The lowest BCUT2D eigenvalue weighted by Crippen LogP contribution is -2.14. The molecule has 4 nitrogen and oxygen atoms in total. The van der Waals surface area contributed by atoms with Crippen LogP contribution in [0.3, 0.4) is 0 Å². The van der Waals surface area contributed by atoms with Crippen LogP contribution in [0.4, 0.5) is 5.82 Å². The van der Waals surface area contributed by atoms with Gasteiger partial charge in [0.15, 0.2) is 0 Å². The average molecular weight is 278 g/mol. The molecule has 0 unspecified atom stereocenters. The first-order chi connectivity index (χ1) is 5.59. The molecule has 5 heteroatoms. The number of anilines is 1. The van der Waals surface area contributed by atoms with Crippen molar-refractivity contribution in [3.05, 3.63) is 15.6 Å². The van der Waals surface area contributed by atoms with Crippen LogP contribution in [0.25, 0.3) is 0 Å². The predicted molar refractivity (Wildman–Crippen MR) is 56.6 cm³/mol. The Morgan fingerprint density at radius 1 is 1.58 bits per heavy atom. The van der Waals surface area contributed by atoms with Gasteiger partial charge < -0.3 is 10.6 Å². The lowest BCUT2D eigenvalue weighted by molar-refractivity contribution is 0.390. The fraction of sp³-hybridized carbons (Fsp3) is 0.429. The number of nitrogens with zero attached hydrogens (tertiary/aromatic N) is 3. The standard InChI is InChI=1S/C7H11IN4/c1-12(2)4-6-10-3-5(8)7(9)11-6/h3H,4H2,1-2H3,(H2,9,10,11). The van der Waals surface area contributed by atoms with Crippen LogP contribution >= 0.6 is 22.6 Å². The summed E-state index contributed by atoms with van der Waals surface area (Å²) in [7, 11) is 3.94. The van der Waals surface area contributed by atoms with Gasteiger partial charge in [0.1, 0.15) is 11.6 Å². The van der Waals surface area contributed by atoms with Crippen molar-refractivity contribution in [2.75, 3.05) is 19.8 Å². The minimum absolute atomic E-state index is 0.558. The molecule has 2 N–H and O–H groups in total. The van der Waals surface area contributed by atoms with E-state index in [1.54, 1.807) is 6.20 Å². The van der Waals surface area contributed by atoms with E-state index < -0.39 is 0 Å². The first-order valence-corrected chi connectivity index (χ1v) is 4.59. The second-order valence-electron chi connectivity index (χ2n) is 2.76. The number of aromatic nitrogens is 2. The molecule has 0 aliphatic rings. The van der Waals surface area contributed by atoms with Crippen molar-refractivity contribution < 1.29 is 0 Å². The molecule has 0 aliphatic carbocycles. The summed E-state index contributed by atoms with van der Waals surface area (Å²) in [6, 6.07) is 0. The van der Waals surface area contributed by atoms with Crippen molar-refractivity contribution in [1.82, 2.24) is 14.9 Å². The summed E-state index contributed by atoms with van der Waals surface area (Å²) < 4.78 is 0.898. The second kappa shape index (κ2) is 3.99. The largest absolute Gasteiger partial charge is 0.383 e. The van der Waals surface area contributed by atoms with Gasteiger partial charge in [-0.1, -0.05) is 0 Å². The molecule has 0 saturated heterocycles. The third-order valence-electron chi connectivity index (χ3n) is 1.28. The molecule has 0 aliphatic heterocycles. The minimum Gasteiger partial charge on any atom is -0.383 e. The van der Waals surface area contributed by atoms with Crippen LogP contribution in [0.1, 0.15) is 5.82 Å². The maximum atomic E-state index is 5.62. The van der Waals surface area contributed by atoms with Crippen molar-refractivity contribution >= 4 is 28.4 Å². The highest BCUT2D eigenvalue weighted by atomic mass is 127. The Kier molecular flexibility index (Phi) is 3.21.